The van der Waals surface area contributed by atoms with Crippen molar-refractivity contribution in [1.29, 1.82) is 0 Å². The Morgan fingerprint density at radius 1 is 1.70 bits per heavy atom. The Bertz CT molecular complexity index is 182. The van der Waals surface area contributed by atoms with Crippen LogP contribution in [0, 0.1) is 0 Å². The SMILES string of the molecule is CC1=NC(C)(N)C=C(N)N1. The molecule has 0 aromatic rings. The van der Waals surface area contributed by atoms with E-state index in [0.717, 1.165) is 5.84 Å². The first-order chi connectivity index (χ1) is 4.49. The Morgan fingerprint density at radius 3 is 2.70 bits per heavy atom. The summed E-state index contributed by atoms with van der Waals surface area (Å²) in [6.45, 7) is 3.62. The molecular weight excluding hydrogens is 128 g/mol. The summed E-state index contributed by atoms with van der Waals surface area (Å²) in [5.41, 5.74) is 10.5. The summed E-state index contributed by atoms with van der Waals surface area (Å²) >= 11 is 0. The second kappa shape index (κ2) is 1.98. The average molecular weight is 140 g/mol. The third-order valence-electron chi connectivity index (χ3n) is 1.18. The van der Waals surface area contributed by atoms with Gasteiger partial charge in [-0.2, -0.15) is 0 Å². The maximum atomic E-state index is 5.67. The van der Waals surface area contributed by atoms with Crippen molar-refractivity contribution in [3.05, 3.63) is 11.9 Å². The predicted octanol–water partition coefficient (Wildman–Crippen LogP) is -0.517. The fraction of sp³-hybridized carbons (Fsp3) is 0.500. The number of nitrogens with two attached hydrogens (primary N) is 2. The molecule has 1 unspecified atom stereocenters. The molecule has 0 aromatic heterocycles. The first kappa shape index (κ1) is 7.08. The number of aliphatic imine (C=N–C) groups is 1. The van der Waals surface area contributed by atoms with E-state index < -0.39 is 5.66 Å². The average Bonchev–Trinajstić information content (AvgIpc) is 1.54. The summed E-state index contributed by atoms with van der Waals surface area (Å²) in [6, 6.07) is 0. The van der Waals surface area contributed by atoms with Gasteiger partial charge >= 0.3 is 0 Å². The minimum absolute atomic E-state index is 0.567. The molecule has 0 aliphatic carbocycles. The fourth-order valence-electron chi connectivity index (χ4n) is 0.981. The molecule has 0 radical (unpaired) electrons. The van der Waals surface area contributed by atoms with Crippen LogP contribution < -0.4 is 16.8 Å². The van der Waals surface area contributed by atoms with E-state index in [0.29, 0.717) is 5.82 Å². The van der Waals surface area contributed by atoms with E-state index in [2.05, 4.69) is 10.3 Å². The van der Waals surface area contributed by atoms with Gasteiger partial charge in [0, 0.05) is 0 Å². The van der Waals surface area contributed by atoms with Crippen molar-refractivity contribution < 1.29 is 0 Å². The molecule has 1 aliphatic heterocycles. The molecule has 1 rings (SSSR count). The fourth-order valence-corrected chi connectivity index (χ4v) is 0.981. The van der Waals surface area contributed by atoms with E-state index in [-0.39, 0.29) is 0 Å². The lowest BCUT2D eigenvalue weighted by molar-refractivity contribution is 0.596. The zero-order valence-corrected chi connectivity index (χ0v) is 6.18. The number of amidine groups is 1. The van der Waals surface area contributed by atoms with Gasteiger partial charge in [-0.1, -0.05) is 0 Å². The molecule has 0 amide bonds. The zero-order valence-electron chi connectivity index (χ0n) is 6.18. The number of hydrogen-bond acceptors (Lipinski definition) is 4. The van der Waals surface area contributed by atoms with Crippen LogP contribution in [-0.2, 0) is 0 Å². The Labute approximate surface area is 60.0 Å². The second-order valence-corrected chi connectivity index (χ2v) is 2.65. The third kappa shape index (κ3) is 1.48. The Hall–Kier alpha value is -1.03. The van der Waals surface area contributed by atoms with Crippen molar-refractivity contribution in [3.63, 3.8) is 0 Å². The smallest absolute Gasteiger partial charge is 0.129 e. The minimum Gasteiger partial charge on any atom is -0.385 e. The number of hydrogen-bond donors (Lipinski definition) is 3. The van der Waals surface area contributed by atoms with Gasteiger partial charge in [0.05, 0.1) is 0 Å². The predicted molar refractivity (Wildman–Crippen MR) is 41.1 cm³/mol. The molecule has 1 heterocycles. The molecule has 5 N–H and O–H groups in total. The summed E-state index contributed by atoms with van der Waals surface area (Å²) in [7, 11) is 0. The Balaban J connectivity index is 2.88. The van der Waals surface area contributed by atoms with Crippen LogP contribution in [0.25, 0.3) is 0 Å². The first-order valence-corrected chi connectivity index (χ1v) is 3.10. The Kier molecular flexibility index (Phi) is 1.40. The maximum absolute atomic E-state index is 5.67. The molecule has 0 saturated heterocycles. The molecule has 4 heteroatoms. The molecule has 1 aliphatic rings. The molecule has 0 aromatic carbocycles. The maximum Gasteiger partial charge on any atom is 0.129 e. The van der Waals surface area contributed by atoms with Gasteiger partial charge < -0.3 is 16.8 Å². The van der Waals surface area contributed by atoms with Crippen LogP contribution in [0.1, 0.15) is 13.8 Å². The van der Waals surface area contributed by atoms with Gasteiger partial charge in [-0.15, -0.1) is 0 Å². The van der Waals surface area contributed by atoms with Crippen molar-refractivity contribution in [2.75, 3.05) is 0 Å². The van der Waals surface area contributed by atoms with Crippen LogP contribution in [0.2, 0.25) is 0 Å². The second-order valence-electron chi connectivity index (χ2n) is 2.65. The zero-order chi connectivity index (χ0) is 7.78. The van der Waals surface area contributed by atoms with Gasteiger partial charge in [0.2, 0.25) is 0 Å². The Morgan fingerprint density at radius 2 is 2.30 bits per heavy atom. The minimum atomic E-state index is -0.639. The van der Waals surface area contributed by atoms with Crippen molar-refractivity contribution in [2.45, 2.75) is 19.5 Å². The van der Waals surface area contributed by atoms with Gasteiger partial charge in [-0.05, 0) is 19.9 Å². The van der Waals surface area contributed by atoms with E-state index in [1.807, 2.05) is 6.92 Å². The molecule has 0 spiro atoms. The van der Waals surface area contributed by atoms with E-state index in [1.54, 1.807) is 13.0 Å². The van der Waals surface area contributed by atoms with Crippen molar-refractivity contribution in [3.8, 4) is 0 Å². The molecule has 0 fully saturated rings. The lowest BCUT2D eigenvalue weighted by Crippen LogP contribution is -2.42. The van der Waals surface area contributed by atoms with E-state index in [4.69, 9.17) is 11.5 Å². The molecular formula is C6H12N4. The monoisotopic (exact) mass is 140 g/mol. The highest BCUT2D eigenvalue weighted by Gasteiger charge is 2.17. The van der Waals surface area contributed by atoms with Crippen LogP contribution in [0.15, 0.2) is 16.9 Å². The lowest BCUT2D eigenvalue weighted by atomic mass is 10.2. The third-order valence-corrected chi connectivity index (χ3v) is 1.18. The highest BCUT2D eigenvalue weighted by molar-refractivity contribution is 5.82. The van der Waals surface area contributed by atoms with Crippen LogP contribution in [0.4, 0.5) is 0 Å². The van der Waals surface area contributed by atoms with Crippen LogP contribution >= 0.6 is 0 Å². The van der Waals surface area contributed by atoms with E-state index >= 15 is 0 Å². The quantitative estimate of drug-likeness (QED) is 0.424. The first-order valence-electron chi connectivity index (χ1n) is 3.10. The van der Waals surface area contributed by atoms with Gasteiger partial charge in [-0.25, -0.2) is 4.99 Å². The lowest BCUT2D eigenvalue weighted by Gasteiger charge is -2.22. The highest BCUT2D eigenvalue weighted by Crippen LogP contribution is 2.08. The van der Waals surface area contributed by atoms with E-state index in [1.165, 1.54) is 0 Å². The van der Waals surface area contributed by atoms with Crippen molar-refractivity contribution >= 4 is 5.84 Å². The van der Waals surface area contributed by atoms with Gasteiger partial charge in [0.25, 0.3) is 0 Å². The summed E-state index contributed by atoms with van der Waals surface area (Å²) in [5, 5.41) is 2.84. The van der Waals surface area contributed by atoms with Gasteiger partial charge in [0.15, 0.2) is 0 Å². The summed E-state index contributed by atoms with van der Waals surface area (Å²) in [4.78, 5) is 4.09. The molecule has 10 heavy (non-hydrogen) atoms. The van der Waals surface area contributed by atoms with E-state index in [9.17, 15) is 0 Å². The van der Waals surface area contributed by atoms with Gasteiger partial charge in [-0.3, -0.25) is 0 Å². The molecule has 56 valence electrons. The van der Waals surface area contributed by atoms with Crippen LogP contribution in [0.5, 0.6) is 0 Å². The summed E-state index contributed by atoms with van der Waals surface area (Å²) < 4.78 is 0. The number of nitrogens with zero attached hydrogens (tertiary/aromatic N) is 1. The highest BCUT2D eigenvalue weighted by atomic mass is 15.2. The van der Waals surface area contributed by atoms with Crippen LogP contribution in [0.3, 0.4) is 0 Å². The van der Waals surface area contributed by atoms with Crippen LogP contribution in [-0.4, -0.2) is 11.5 Å². The summed E-state index contributed by atoms with van der Waals surface area (Å²) in [6.07, 6.45) is 1.68. The number of nitrogens with one attached hydrogen (secondary N) is 1. The molecule has 0 bridgehead atoms. The van der Waals surface area contributed by atoms with Crippen molar-refractivity contribution in [2.24, 2.45) is 16.5 Å². The van der Waals surface area contributed by atoms with Crippen molar-refractivity contribution in [1.82, 2.24) is 5.32 Å². The standard InChI is InChI=1S/C6H12N4/c1-4-9-5(7)3-6(2,8)10-4/h3H,7-8H2,1-2H3,(H,9,10). The molecule has 1 atom stereocenters. The van der Waals surface area contributed by atoms with Gasteiger partial charge in [0.1, 0.15) is 17.3 Å². The topological polar surface area (TPSA) is 76.4 Å². The largest absolute Gasteiger partial charge is 0.385 e. The molecule has 4 nitrogen and oxygen atoms in total. The molecule has 0 saturated carbocycles. The number of rotatable bonds is 0. The normalized spacial score (nSPS) is 32.3. The summed E-state index contributed by atoms with van der Waals surface area (Å²) in [5.74, 6) is 1.32.